The van der Waals surface area contributed by atoms with E-state index in [9.17, 15) is 54.2 Å². The van der Waals surface area contributed by atoms with E-state index in [0.29, 0.717) is 0 Å². The van der Waals surface area contributed by atoms with Gasteiger partial charge >= 0.3 is 0 Å². The van der Waals surface area contributed by atoms with Crippen molar-refractivity contribution in [2.75, 3.05) is 11.5 Å². The second-order valence-corrected chi connectivity index (χ2v) is 16.8. The van der Waals surface area contributed by atoms with Crippen LogP contribution in [0.3, 0.4) is 0 Å². The van der Waals surface area contributed by atoms with Gasteiger partial charge in [0.05, 0.1) is 17.1 Å². The highest BCUT2D eigenvalue weighted by Crippen LogP contribution is 2.45. The number of benzene rings is 7. The number of azo groups is 3. The fourth-order valence-electron chi connectivity index (χ4n) is 5.90. The number of aromatic hydroxyl groups is 3. The molecule has 0 unspecified atom stereocenters. The molecule has 0 aromatic heterocycles. The molecule has 0 amide bonds. The first-order valence-corrected chi connectivity index (χ1v) is 20.7. The van der Waals surface area contributed by atoms with Crippen molar-refractivity contribution < 1.29 is 54.2 Å². The van der Waals surface area contributed by atoms with Crippen molar-refractivity contribution in [3.8, 4) is 17.2 Å². The summed E-state index contributed by atoms with van der Waals surface area (Å²) in [4.78, 5) is -2.31. The third kappa shape index (κ3) is 8.04. The lowest BCUT2D eigenvalue weighted by molar-refractivity contribution is 0.471. The molecule has 7 rings (SSSR count). The number of phenols is 3. The van der Waals surface area contributed by atoms with Gasteiger partial charge in [-0.05, 0) is 95.0 Å². The number of nitrogens with two attached hydrogens (primary N) is 2. The van der Waals surface area contributed by atoms with Crippen molar-refractivity contribution in [1.82, 2.24) is 0 Å². The summed E-state index contributed by atoms with van der Waals surface area (Å²) >= 11 is 0. The molecule has 0 aliphatic heterocycles. The van der Waals surface area contributed by atoms with Gasteiger partial charge in [0.15, 0.2) is 17.2 Å². The van der Waals surface area contributed by atoms with E-state index >= 15 is 0 Å². The van der Waals surface area contributed by atoms with Gasteiger partial charge in [0.25, 0.3) is 30.4 Å². The van der Waals surface area contributed by atoms with E-state index in [0.717, 1.165) is 18.2 Å². The minimum atomic E-state index is -5.02. The summed E-state index contributed by atoms with van der Waals surface area (Å²) < 4.78 is 103. The molecule has 0 aliphatic carbocycles. The largest absolute Gasteiger partial charge is 0.505 e. The van der Waals surface area contributed by atoms with Crippen molar-refractivity contribution >= 4 is 108 Å². The number of hydrogen-bond acceptors (Lipinski definition) is 17. The van der Waals surface area contributed by atoms with Gasteiger partial charge < -0.3 is 26.8 Å². The van der Waals surface area contributed by atoms with Gasteiger partial charge in [-0.3, -0.25) is 13.7 Å². The van der Waals surface area contributed by atoms with Gasteiger partial charge in [-0.15, -0.1) is 15.3 Å². The van der Waals surface area contributed by atoms with Crippen LogP contribution in [0.15, 0.2) is 142 Å². The maximum absolute atomic E-state index is 12.4. The number of nitrogens with zero attached hydrogens (tertiary/aromatic N) is 6. The van der Waals surface area contributed by atoms with E-state index < -0.39 is 79.4 Å². The SMILES string of the molecule is Nc1ccc2cc(S(=O)(=O)O)c(N=Nc3ccc(N=Nc4c(S(=O)(=O)O)cc5ccc(N=Nc6c(S(=O)(=O)O)cc7ccc(N)cc7c6O)cc5c4O)cc3)c(O)c2c1. The van der Waals surface area contributed by atoms with Gasteiger partial charge in [0.1, 0.15) is 31.7 Å². The Balaban J connectivity index is 1.23. The zero-order valence-corrected chi connectivity index (χ0v) is 31.9. The van der Waals surface area contributed by atoms with Crippen LogP contribution in [0.4, 0.5) is 45.5 Å². The van der Waals surface area contributed by atoms with Crippen LogP contribution in [0.1, 0.15) is 0 Å². The highest BCUT2D eigenvalue weighted by atomic mass is 32.2. The number of anilines is 2. The van der Waals surface area contributed by atoms with Gasteiger partial charge in [0.2, 0.25) is 0 Å². The van der Waals surface area contributed by atoms with Crippen LogP contribution in [0.2, 0.25) is 0 Å². The first kappa shape index (κ1) is 40.1. The molecule has 7 aromatic rings. The molecule has 59 heavy (non-hydrogen) atoms. The van der Waals surface area contributed by atoms with Gasteiger partial charge in [-0.2, -0.15) is 40.6 Å². The molecular formula is C36H26N8O12S3. The van der Waals surface area contributed by atoms with E-state index in [2.05, 4.69) is 30.7 Å². The monoisotopic (exact) mass is 858 g/mol. The number of rotatable bonds is 9. The van der Waals surface area contributed by atoms with E-state index in [-0.39, 0.29) is 60.8 Å². The second kappa shape index (κ2) is 14.7. The van der Waals surface area contributed by atoms with Crippen molar-refractivity contribution in [2.24, 2.45) is 30.7 Å². The Kier molecular flexibility index (Phi) is 9.95. The molecular weight excluding hydrogens is 833 g/mol. The molecule has 23 heteroatoms. The molecule has 0 saturated carbocycles. The topological polar surface area (TPSA) is 350 Å². The molecule has 300 valence electrons. The molecule has 0 heterocycles. The normalized spacial score (nSPS) is 12.9. The Morgan fingerprint density at radius 1 is 0.373 bits per heavy atom. The zero-order chi connectivity index (χ0) is 42.6. The van der Waals surface area contributed by atoms with Crippen LogP contribution in [-0.4, -0.2) is 54.2 Å². The van der Waals surface area contributed by atoms with E-state index in [4.69, 9.17) is 11.5 Å². The number of hydrogen-bond donors (Lipinski definition) is 8. The molecule has 10 N–H and O–H groups in total. The Morgan fingerprint density at radius 2 is 0.661 bits per heavy atom. The van der Waals surface area contributed by atoms with Crippen LogP contribution in [0.5, 0.6) is 17.2 Å². The summed E-state index contributed by atoms with van der Waals surface area (Å²) in [5.41, 5.74) is 10.3. The van der Waals surface area contributed by atoms with Crippen molar-refractivity contribution in [1.29, 1.82) is 0 Å². The molecule has 0 aliphatic rings. The van der Waals surface area contributed by atoms with Crippen LogP contribution >= 0.6 is 0 Å². The Labute approximate surface area is 332 Å². The zero-order valence-electron chi connectivity index (χ0n) is 29.4. The maximum atomic E-state index is 12.4. The minimum absolute atomic E-state index is 0.0570. The summed E-state index contributed by atoms with van der Waals surface area (Å²) in [6, 6.07) is 20.8. The lowest BCUT2D eigenvalue weighted by atomic mass is 10.1. The molecule has 0 saturated heterocycles. The number of fused-ring (bicyclic) bond motifs is 3. The quantitative estimate of drug-likeness (QED) is 0.0384. The third-order valence-electron chi connectivity index (χ3n) is 8.67. The van der Waals surface area contributed by atoms with Crippen molar-refractivity contribution in [2.45, 2.75) is 14.7 Å². The fraction of sp³-hybridized carbons (Fsp3) is 0. The van der Waals surface area contributed by atoms with E-state index in [1.54, 1.807) is 0 Å². The standard InChI is InChI=1S/C36H26N8O12S3/c37-20-4-1-17-11-28(57(48,49)50)31(34(45)25(17)14-20)42-39-22-7-9-23(10-8-22)40-43-33-30(59(54,55)56)13-19-3-6-24(16-27(19)36(33)47)41-44-32-29(58(51,52)53)12-18-2-5-21(38)15-26(18)35(32)46/h1-16,45-47H,37-38H2,(H,48,49,50)(H,51,52,53)(H,54,55,56). The summed E-state index contributed by atoms with van der Waals surface area (Å²) in [5.74, 6) is -2.05. The highest BCUT2D eigenvalue weighted by molar-refractivity contribution is 7.86. The average Bonchev–Trinajstić information content (AvgIpc) is 3.16. The number of phenolic OH excluding ortho intramolecular Hbond substituents is 3. The minimum Gasteiger partial charge on any atom is -0.505 e. The number of nitrogen functional groups attached to an aromatic ring is 2. The van der Waals surface area contributed by atoms with Crippen LogP contribution in [0, 0.1) is 0 Å². The fourth-order valence-corrected chi connectivity index (χ4v) is 7.87. The lowest BCUT2D eigenvalue weighted by Gasteiger charge is -2.10. The smallest absolute Gasteiger partial charge is 0.296 e. The third-order valence-corrected chi connectivity index (χ3v) is 11.3. The Hall–Kier alpha value is -7.15. The van der Waals surface area contributed by atoms with E-state index in [1.807, 2.05) is 0 Å². The van der Waals surface area contributed by atoms with Crippen LogP contribution in [0.25, 0.3) is 32.3 Å². The molecule has 7 aromatic carbocycles. The van der Waals surface area contributed by atoms with E-state index in [1.165, 1.54) is 78.9 Å². The highest BCUT2D eigenvalue weighted by Gasteiger charge is 2.25. The molecule has 0 atom stereocenters. The van der Waals surface area contributed by atoms with Crippen molar-refractivity contribution in [3.05, 3.63) is 97.1 Å². The molecule has 0 radical (unpaired) electrons. The Morgan fingerprint density at radius 3 is 1.00 bits per heavy atom. The van der Waals surface area contributed by atoms with Crippen LogP contribution < -0.4 is 11.5 Å². The summed E-state index contributed by atoms with van der Waals surface area (Å²) in [6.45, 7) is 0. The molecule has 20 nitrogen and oxygen atoms in total. The van der Waals surface area contributed by atoms with Gasteiger partial charge in [0, 0.05) is 27.5 Å². The lowest BCUT2D eigenvalue weighted by Crippen LogP contribution is -1.99. The summed E-state index contributed by atoms with van der Waals surface area (Å²) in [7, 11) is -14.8. The molecule has 0 bridgehead atoms. The van der Waals surface area contributed by atoms with Gasteiger partial charge in [-0.1, -0.05) is 18.2 Å². The second-order valence-electron chi connectivity index (χ2n) is 12.6. The maximum Gasteiger partial charge on any atom is 0.296 e. The van der Waals surface area contributed by atoms with Crippen LogP contribution in [-0.2, 0) is 30.4 Å². The Bertz CT molecular complexity index is 3360. The summed E-state index contributed by atoms with van der Waals surface area (Å²) in [5, 5.41) is 57.1. The first-order chi connectivity index (χ1) is 27.7. The molecule has 0 fully saturated rings. The van der Waals surface area contributed by atoms with Gasteiger partial charge in [-0.25, -0.2) is 0 Å². The average molecular weight is 859 g/mol. The predicted octanol–water partition coefficient (Wildman–Crippen LogP) is 8.41. The summed E-state index contributed by atoms with van der Waals surface area (Å²) in [6.07, 6.45) is 0. The predicted molar refractivity (Wildman–Crippen MR) is 214 cm³/mol. The molecule has 0 spiro atoms. The first-order valence-electron chi connectivity index (χ1n) is 16.4. The van der Waals surface area contributed by atoms with Crippen molar-refractivity contribution in [3.63, 3.8) is 0 Å².